The summed E-state index contributed by atoms with van der Waals surface area (Å²) in [5.74, 6) is 0.865. The highest BCUT2D eigenvalue weighted by Gasteiger charge is 2.26. The summed E-state index contributed by atoms with van der Waals surface area (Å²) < 4.78 is 11.6. The minimum atomic E-state index is -0.255. The van der Waals surface area contributed by atoms with Gasteiger partial charge in [-0.15, -0.1) is 11.3 Å². The maximum Gasteiger partial charge on any atom is 0.135 e. The van der Waals surface area contributed by atoms with Gasteiger partial charge in [0.05, 0.1) is 5.52 Å². The highest BCUT2D eigenvalue weighted by molar-refractivity contribution is 7.25. The molecule has 0 fully saturated rings. The number of nitrogens with zero attached hydrogens (tertiary/aromatic N) is 2. The van der Waals surface area contributed by atoms with Crippen LogP contribution in [0.4, 0.5) is 0 Å². The zero-order valence-corrected chi connectivity index (χ0v) is 31.8. The van der Waals surface area contributed by atoms with Gasteiger partial charge in [0.25, 0.3) is 0 Å². The molecule has 0 radical (unpaired) electrons. The molecule has 57 heavy (non-hydrogen) atoms. The monoisotopic (exact) mass is 752 g/mol. The minimum absolute atomic E-state index is 0.0965. The number of fused-ring (bicyclic) bond motifs is 9. The first-order chi connectivity index (χ1) is 28.2. The minimum Gasteiger partial charge on any atom is -0.456 e. The maximum absolute atomic E-state index is 6.52. The van der Waals surface area contributed by atoms with Crippen LogP contribution in [0.2, 0.25) is 0 Å². The molecule has 3 aromatic heterocycles. The van der Waals surface area contributed by atoms with Crippen molar-refractivity contribution in [1.82, 2.24) is 15.2 Å². The fourth-order valence-electron chi connectivity index (χ4n) is 8.98. The van der Waals surface area contributed by atoms with Crippen molar-refractivity contribution < 1.29 is 4.42 Å². The molecule has 1 aliphatic heterocycles. The third kappa shape index (κ3) is 5.36. The van der Waals surface area contributed by atoms with Crippen molar-refractivity contribution in [2.24, 2.45) is 4.99 Å². The first-order valence-corrected chi connectivity index (χ1v) is 20.5. The van der Waals surface area contributed by atoms with Gasteiger partial charge in [0, 0.05) is 58.8 Å². The van der Waals surface area contributed by atoms with Gasteiger partial charge >= 0.3 is 0 Å². The normalized spacial score (nSPS) is 16.7. The molecule has 0 spiro atoms. The van der Waals surface area contributed by atoms with E-state index in [-0.39, 0.29) is 12.3 Å². The van der Waals surface area contributed by atoms with Crippen molar-refractivity contribution in [1.29, 1.82) is 0 Å². The summed E-state index contributed by atoms with van der Waals surface area (Å²) in [6.07, 6.45) is 6.40. The molecule has 0 amide bonds. The van der Waals surface area contributed by atoms with Gasteiger partial charge in [0.2, 0.25) is 0 Å². The zero-order chi connectivity index (χ0) is 37.5. The fourth-order valence-corrected chi connectivity index (χ4v) is 10.2. The van der Waals surface area contributed by atoms with Crippen LogP contribution in [0.3, 0.4) is 0 Å². The Bertz CT molecular complexity index is 3260. The number of hydrogen-bond acceptors (Lipinski definition) is 5. The SMILES string of the molecule is C1=Cc2c(n(-c3ccc4c(c3)sc3cc(-c5ccc6oc7cc(C8N=C(c9ccccc9)NC(c9ccccc9)N8)ccc7c6c5)ccc34)c3ccccc23)CC1. The molecule has 5 nitrogen and oxygen atoms in total. The summed E-state index contributed by atoms with van der Waals surface area (Å²) >= 11 is 1.88. The molecule has 2 atom stereocenters. The number of nitrogens with one attached hydrogen (secondary N) is 2. The van der Waals surface area contributed by atoms with Gasteiger partial charge in [-0.25, -0.2) is 4.99 Å². The van der Waals surface area contributed by atoms with Crippen molar-refractivity contribution >= 4 is 76.3 Å². The first-order valence-electron chi connectivity index (χ1n) is 19.6. The fraction of sp³-hybridized carbons (Fsp3) is 0.0784. The van der Waals surface area contributed by atoms with Crippen molar-refractivity contribution in [3.8, 4) is 16.8 Å². The van der Waals surface area contributed by atoms with Crippen LogP contribution in [0.5, 0.6) is 0 Å². The van der Waals surface area contributed by atoms with E-state index in [1.54, 1.807) is 0 Å². The van der Waals surface area contributed by atoms with Crippen molar-refractivity contribution in [3.05, 3.63) is 192 Å². The lowest BCUT2D eigenvalue weighted by atomic mass is 10.0. The van der Waals surface area contributed by atoms with E-state index in [2.05, 4.69) is 173 Å². The van der Waals surface area contributed by atoms with Crippen molar-refractivity contribution in [2.45, 2.75) is 25.2 Å². The lowest BCUT2D eigenvalue weighted by molar-refractivity contribution is 0.409. The van der Waals surface area contributed by atoms with Gasteiger partial charge in [0.1, 0.15) is 29.3 Å². The van der Waals surface area contributed by atoms with E-state index in [0.29, 0.717) is 0 Å². The van der Waals surface area contributed by atoms with Gasteiger partial charge in [-0.1, -0.05) is 127 Å². The molecule has 4 heterocycles. The molecule has 0 saturated carbocycles. The van der Waals surface area contributed by atoms with E-state index in [9.17, 15) is 0 Å². The molecule has 6 heteroatoms. The van der Waals surface area contributed by atoms with E-state index in [0.717, 1.165) is 57.3 Å². The third-order valence-electron chi connectivity index (χ3n) is 11.8. The smallest absolute Gasteiger partial charge is 0.135 e. The lowest BCUT2D eigenvalue weighted by Crippen LogP contribution is -2.44. The summed E-state index contributed by atoms with van der Waals surface area (Å²) in [5, 5.41) is 13.5. The molecular formula is C51H36N4OS. The Hall–Kier alpha value is -6.73. The lowest BCUT2D eigenvalue weighted by Gasteiger charge is -2.32. The van der Waals surface area contributed by atoms with E-state index >= 15 is 0 Å². The van der Waals surface area contributed by atoms with Gasteiger partial charge in [-0.05, 0) is 77.6 Å². The molecule has 2 N–H and O–H groups in total. The summed E-state index contributed by atoms with van der Waals surface area (Å²) in [7, 11) is 0. The second-order valence-electron chi connectivity index (χ2n) is 15.1. The Kier molecular flexibility index (Phi) is 7.37. The Labute approximate surface area is 333 Å². The molecule has 2 aliphatic rings. The van der Waals surface area contributed by atoms with Crippen LogP contribution >= 0.6 is 11.3 Å². The molecule has 0 bridgehead atoms. The van der Waals surface area contributed by atoms with Crippen LogP contribution in [0, 0.1) is 0 Å². The number of amidine groups is 1. The van der Waals surface area contributed by atoms with E-state index in [1.807, 2.05) is 23.5 Å². The Morgan fingerprint density at radius 3 is 2.25 bits per heavy atom. The average molecular weight is 753 g/mol. The highest BCUT2D eigenvalue weighted by atomic mass is 32.1. The van der Waals surface area contributed by atoms with Gasteiger partial charge in [0.15, 0.2) is 0 Å². The number of allylic oxidation sites excluding steroid dienone is 1. The number of thiophene rings is 1. The van der Waals surface area contributed by atoms with Gasteiger partial charge in [-0.2, -0.15) is 0 Å². The predicted molar refractivity (Wildman–Crippen MR) is 237 cm³/mol. The largest absolute Gasteiger partial charge is 0.456 e. The highest BCUT2D eigenvalue weighted by Crippen LogP contribution is 2.41. The summed E-state index contributed by atoms with van der Waals surface area (Å²) in [4.78, 5) is 5.15. The van der Waals surface area contributed by atoms with Gasteiger partial charge in [-0.3, -0.25) is 5.32 Å². The van der Waals surface area contributed by atoms with Crippen LogP contribution in [-0.2, 0) is 6.42 Å². The summed E-state index contributed by atoms with van der Waals surface area (Å²) in [6.45, 7) is 0. The number of rotatable bonds is 5. The first kappa shape index (κ1) is 32.5. The molecule has 272 valence electrons. The van der Waals surface area contributed by atoms with Crippen molar-refractivity contribution in [2.75, 3.05) is 0 Å². The molecule has 0 saturated heterocycles. The number of hydrogen-bond donors (Lipinski definition) is 2. The topological polar surface area (TPSA) is 54.5 Å². The standard InChI is InChI=1S/C51H36N4OS/c1-3-11-31(12-4-1)49-52-50(32-13-5-2-6-14-32)54-51(53-49)35-20-23-39-42-27-33(21-26-45(42)56-46(39)28-35)34-19-24-40-41-25-22-36(30-48(41)57-47(40)29-34)55-43-17-9-7-15-37(43)38-16-8-10-18-44(38)55/h1-9,11-17,19-30,49,51,53H,10,18H2,(H,52,54). The van der Waals surface area contributed by atoms with E-state index < -0.39 is 0 Å². The van der Waals surface area contributed by atoms with Crippen LogP contribution in [-0.4, -0.2) is 10.4 Å². The Morgan fingerprint density at radius 1 is 0.596 bits per heavy atom. The number of benzene rings is 7. The van der Waals surface area contributed by atoms with E-state index in [4.69, 9.17) is 9.41 Å². The second-order valence-corrected chi connectivity index (χ2v) is 16.2. The molecule has 1 aliphatic carbocycles. The van der Waals surface area contributed by atoms with Crippen molar-refractivity contribution in [3.63, 3.8) is 0 Å². The molecule has 2 unspecified atom stereocenters. The Balaban J connectivity index is 0.892. The van der Waals surface area contributed by atoms with Gasteiger partial charge < -0.3 is 14.3 Å². The molecule has 12 rings (SSSR count). The second kappa shape index (κ2) is 12.9. The maximum atomic E-state index is 6.52. The molecular weight excluding hydrogens is 717 g/mol. The average Bonchev–Trinajstić information content (AvgIpc) is 3.95. The van der Waals surface area contributed by atoms with Crippen LogP contribution in [0.15, 0.2) is 173 Å². The molecule has 7 aromatic carbocycles. The van der Waals surface area contributed by atoms with Crippen LogP contribution in [0.1, 0.15) is 46.7 Å². The number of furan rings is 1. The number of aromatic nitrogens is 1. The quantitative estimate of drug-likeness (QED) is 0.184. The molecule has 10 aromatic rings. The Morgan fingerprint density at radius 2 is 1.35 bits per heavy atom. The number of aliphatic imine (C=N–C) groups is 1. The van der Waals surface area contributed by atoms with Crippen LogP contribution < -0.4 is 10.6 Å². The summed E-state index contributed by atoms with van der Waals surface area (Å²) in [5.41, 5.74) is 12.7. The number of para-hydroxylation sites is 1. The van der Waals surface area contributed by atoms with Crippen LogP contribution in [0.25, 0.3) is 75.9 Å². The third-order valence-corrected chi connectivity index (χ3v) is 12.9. The van der Waals surface area contributed by atoms with E-state index in [1.165, 1.54) is 59.1 Å². The zero-order valence-electron chi connectivity index (χ0n) is 30.9. The summed E-state index contributed by atoms with van der Waals surface area (Å²) in [6, 6.07) is 56.6. The predicted octanol–water partition coefficient (Wildman–Crippen LogP) is 12.9.